The van der Waals surface area contributed by atoms with E-state index in [9.17, 15) is 9.18 Å². The summed E-state index contributed by atoms with van der Waals surface area (Å²) >= 11 is 0. The van der Waals surface area contributed by atoms with Crippen LogP contribution in [-0.4, -0.2) is 20.7 Å². The van der Waals surface area contributed by atoms with E-state index >= 15 is 0 Å². The standard InChI is InChI=1S/C20H21FN4O/c1-11(2)25-19-15(10-22-25)14(9-17(23-19)13-5-6-13)20(26)24-18-8-12(3)4-7-16(18)21/h4,7-11,13H,5-6H2,1-3H3,(H,24,26). The van der Waals surface area contributed by atoms with E-state index in [0.29, 0.717) is 22.5 Å². The second-order valence-corrected chi connectivity index (χ2v) is 7.23. The van der Waals surface area contributed by atoms with Crippen LogP contribution < -0.4 is 5.32 Å². The van der Waals surface area contributed by atoms with Gasteiger partial charge >= 0.3 is 0 Å². The van der Waals surface area contributed by atoms with Gasteiger partial charge in [-0.1, -0.05) is 6.07 Å². The topological polar surface area (TPSA) is 59.8 Å². The lowest BCUT2D eigenvalue weighted by Crippen LogP contribution is -2.15. The number of carbonyl (C=O) groups excluding carboxylic acids is 1. The monoisotopic (exact) mass is 352 g/mol. The van der Waals surface area contributed by atoms with E-state index in [-0.39, 0.29) is 17.6 Å². The van der Waals surface area contributed by atoms with Crippen LogP contribution in [0.4, 0.5) is 10.1 Å². The van der Waals surface area contributed by atoms with Gasteiger partial charge < -0.3 is 5.32 Å². The first-order chi connectivity index (χ1) is 12.4. The zero-order valence-electron chi connectivity index (χ0n) is 15.1. The van der Waals surface area contributed by atoms with Crippen LogP contribution in [0.5, 0.6) is 0 Å². The fraction of sp³-hybridized carbons (Fsp3) is 0.350. The SMILES string of the molecule is Cc1ccc(F)c(NC(=O)c2cc(C3CC3)nc3c2cnn3C(C)C)c1. The van der Waals surface area contributed by atoms with Gasteiger partial charge in [0.05, 0.1) is 22.8 Å². The quantitative estimate of drug-likeness (QED) is 0.747. The maximum Gasteiger partial charge on any atom is 0.256 e. The number of halogens is 1. The first-order valence-electron chi connectivity index (χ1n) is 8.89. The number of hydrogen-bond donors (Lipinski definition) is 1. The molecule has 1 aliphatic rings. The van der Waals surface area contributed by atoms with Crippen molar-refractivity contribution in [2.45, 2.75) is 45.6 Å². The van der Waals surface area contributed by atoms with E-state index in [1.807, 2.05) is 31.5 Å². The lowest BCUT2D eigenvalue weighted by molar-refractivity contribution is 0.102. The van der Waals surface area contributed by atoms with Gasteiger partial charge in [0.2, 0.25) is 0 Å². The number of nitrogens with zero attached hydrogens (tertiary/aromatic N) is 3. The minimum Gasteiger partial charge on any atom is -0.319 e. The van der Waals surface area contributed by atoms with Gasteiger partial charge in [-0.15, -0.1) is 0 Å². The van der Waals surface area contributed by atoms with Gasteiger partial charge in [-0.25, -0.2) is 14.1 Å². The number of hydrogen-bond acceptors (Lipinski definition) is 3. The Balaban J connectivity index is 1.79. The molecule has 2 aromatic heterocycles. The highest BCUT2D eigenvalue weighted by molar-refractivity contribution is 6.12. The molecule has 0 aliphatic heterocycles. The molecule has 0 unspecified atom stereocenters. The molecular weight excluding hydrogens is 331 g/mol. The zero-order chi connectivity index (χ0) is 18.4. The molecule has 26 heavy (non-hydrogen) atoms. The van der Waals surface area contributed by atoms with Crippen LogP contribution in [-0.2, 0) is 0 Å². The summed E-state index contributed by atoms with van der Waals surface area (Å²) in [6, 6.07) is 6.63. The molecule has 1 fully saturated rings. The van der Waals surface area contributed by atoms with Gasteiger partial charge in [0.15, 0.2) is 5.65 Å². The zero-order valence-corrected chi connectivity index (χ0v) is 15.1. The molecule has 134 valence electrons. The minimum absolute atomic E-state index is 0.139. The Hall–Kier alpha value is -2.76. The Labute approximate surface area is 151 Å². The van der Waals surface area contributed by atoms with Crippen LogP contribution in [0.1, 0.15) is 60.3 Å². The molecule has 1 N–H and O–H groups in total. The minimum atomic E-state index is -0.449. The third-order valence-corrected chi connectivity index (χ3v) is 4.69. The number of carbonyl (C=O) groups is 1. The van der Waals surface area contributed by atoms with E-state index in [1.165, 1.54) is 6.07 Å². The van der Waals surface area contributed by atoms with Crippen molar-refractivity contribution in [2.75, 3.05) is 5.32 Å². The first-order valence-corrected chi connectivity index (χ1v) is 8.89. The lowest BCUT2D eigenvalue weighted by Gasteiger charge is -2.11. The number of benzene rings is 1. The highest BCUT2D eigenvalue weighted by atomic mass is 19.1. The molecule has 0 atom stereocenters. The molecule has 1 aliphatic carbocycles. The van der Waals surface area contributed by atoms with Crippen molar-refractivity contribution in [1.82, 2.24) is 14.8 Å². The van der Waals surface area contributed by atoms with Crippen molar-refractivity contribution in [3.05, 3.63) is 53.1 Å². The number of rotatable bonds is 4. The Kier molecular flexibility index (Phi) is 3.98. The number of aryl methyl sites for hydroxylation is 1. The fourth-order valence-corrected chi connectivity index (χ4v) is 3.12. The number of fused-ring (bicyclic) bond motifs is 1. The average Bonchev–Trinajstić information content (AvgIpc) is 3.36. The predicted octanol–water partition coefficient (Wildman–Crippen LogP) is 4.59. The Morgan fingerprint density at radius 1 is 1.31 bits per heavy atom. The summed E-state index contributed by atoms with van der Waals surface area (Å²) in [6.07, 6.45) is 3.84. The molecular formula is C20H21FN4O. The Morgan fingerprint density at radius 3 is 2.77 bits per heavy atom. The van der Waals surface area contributed by atoms with Gasteiger partial charge in [-0.3, -0.25) is 4.79 Å². The molecule has 2 heterocycles. The maximum atomic E-state index is 14.0. The van der Waals surface area contributed by atoms with E-state index in [2.05, 4.69) is 10.4 Å². The van der Waals surface area contributed by atoms with Crippen LogP contribution in [0.2, 0.25) is 0 Å². The average molecular weight is 352 g/mol. The molecule has 0 spiro atoms. The fourth-order valence-electron chi connectivity index (χ4n) is 3.12. The maximum absolute atomic E-state index is 14.0. The molecule has 1 saturated carbocycles. The van der Waals surface area contributed by atoms with Crippen molar-refractivity contribution in [3.63, 3.8) is 0 Å². The number of anilines is 1. The van der Waals surface area contributed by atoms with E-state index in [1.54, 1.807) is 18.3 Å². The van der Waals surface area contributed by atoms with E-state index < -0.39 is 5.82 Å². The van der Waals surface area contributed by atoms with Gasteiger partial charge in [0.25, 0.3) is 5.91 Å². The molecule has 1 amide bonds. The summed E-state index contributed by atoms with van der Waals surface area (Å²) in [6.45, 7) is 5.91. The van der Waals surface area contributed by atoms with Gasteiger partial charge in [0, 0.05) is 17.7 Å². The molecule has 4 rings (SSSR count). The number of pyridine rings is 1. The Bertz CT molecular complexity index is 1000. The molecule has 6 heteroatoms. The highest BCUT2D eigenvalue weighted by Gasteiger charge is 2.28. The van der Waals surface area contributed by atoms with Crippen LogP contribution in [0, 0.1) is 12.7 Å². The highest BCUT2D eigenvalue weighted by Crippen LogP contribution is 2.40. The molecule has 1 aromatic carbocycles. The Morgan fingerprint density at radius 2 is 2.08 bits per heavy atom. The van der Waals surface area contributed by atoms with Gasteiger partial charge in [-0.2, -0.15) is 5.10 Å². The lowest BCUT2D eigenvalue weighted by atomic mass is 10.1. The van der Waals surface area contributed by atoms with Crippen molar-refractivity contribution in [3.8, 4) is 0 Å². The van der Waals surface area contributed by atoms with Crippen molar-refractivity contribution in [2.24, 2.45) is 0 Å². The van der Waals surface area contributed by atoms with Crippen molar-refractivity contribution in [1.29, 1.82) is 0 Å². The molecule has 0 bridgehead atoms. The van der Waals surface area contributed by atoms with Gasteiger partial charge in [0.1, 0.15) is 5.82 Å². The van der Waals surface area contributed by atoms with Gasteiger partial charge in [-0.05, 0) is 57.4 Å². The van der Waals surface area contributed by atoms with E-state index in [0.717, 1.165) is 24.1 Å². The van der Waals surface area contributed by atoms with Crippen molar-refractivity contribution >= 4 is 22.6 Å². The summed E-state index contributed by atoms with van der Waals surface area (Å²) in [5.41, 5.74) is 3.18. The summed E-state index contributed by atoms with van der Waals surface area (Å²) in [5, 5.41) is 7.79. The third kappa shape index (κ3) is 2.96. The van der Waals surface area contributed by atoms with E-state index in [4.69, 9.17) is 4.98 Å². The summed E-state index contributed by atoms with van der Waals surface area (Å²) in [7, 11) is 0. The second-order valence-electron chi connectivity index (χ2n) is 7.23. The number of amides is 1. The predicted molar refractivity (Wildman–Crippen MR) is 99.0 cm³/mol. The number of aromatic nitrogens is 3. The smallest absolute Gasteiger partial charge is 0.256 e. The molecule has 0 saturated heterocycles. The van der Waals surface area contributed by atoms with Crippen LogP contribution in [0.15, 0.2) is 30.5 Å². The van der Waals surface area contributed by atoms with Crippen LogP contribution >= 0.6 is 0 Å². The second kappa shape index (κ2) is 6.20. The van der Waals surface area contributed by atoms with Crippen LogP contribution in [0.3, 0.4) is 0 Å². The third-order valence-electron chi connectivity index (χ3n) is 4.69. The summed E-state index contributed by atoms with van der Waals surface area (Å²) in [4.78, 5) is 17.7. The summed E-state index contributed by atoms with van der Waals surface area (Å²) < 4.78 is 15.9. The molecule has 0 radical (unpaired) electrons. The largest absolute Gasteiger partial charge is 0.319 e. The normalized spacial score (nSPS) is 14.2. The molecule has 5 nitrogen and oxygen atoms in total. The summed E-state index contributed by atoms with van der Waals surface area (Å²) in [5.74, 6) is -0.390. The number of nitrogens with one attached hydrogen (secondary N) is 1. The van der Waals surface area contributed by atoms with Crippen LogP contribution in [0.25, 0.3) is 11.0 Å². The van der Waals surface area contributed by atoms with Crippen molar-refractivity contribution < 1.29 is 9.18 Å². The first kappa shape index (κ1) is 16.7. The molecule has 3 aromatic rings.